The van der Waals surface area contributed by atoms with Crippen molar-refractivity contribution < 1.29 is 8.42 Å². The zero-order valence-corrected chi connectivity index (χ0v) is 12.0. The summed E-state index contributed by atoms with van der Waals surface area (Å²) in [6, 6.07) is 5.85. The first kappa shape index (κ1) is 13.1. The number of rotatable bonds is 2. The highest BCUT2D eigenvalue weighted by molar-refractivity contribution is 7.92. The van der Waals surface area contributed by atoms with Crippen molar-refractivity contribution in [2.24, 2.45) is 0 Å². The van der Waals surface area contributed by atoms with Gasteiger partial charge in [0.2, 0.25) is 0 Å². The molecule has 1 fully saturated rings. The zero-order valence-electron chi connectivity index (χ0n) is 11.2. The summed E-state index contributed by atoms with van der Waals surface area (Å²) in [5.41, 5.74) is 2.23. The van der Waals surface area contributed by atoms with Crippen molar-refractivity contribution in [2.45, 2.75) is 30.0 Å². The minimum absolute atomic E-state index is 0.267. The Labute approximate surface area is 114 Å². The second-order valence-electron chi connectivity index (χ2n) is 5.53. The Balaban J connectivity index is 1.81. The van der Waals surface area contributed by atoms with Gasteiger partial charge in [0.25, 0.3) is 0 Å². The number of nitrogens with one attached hydrogen (secondary N) is 1. The van der Waals surface area contributed by atoms with Crippen molar-refractivity contribution in [3.8, 4) is 0 Å². The Kier molecular flexibility index (Phi) is 3.37. The van der Waals surface area contributed by atoms with Crippen molar-refractivity contribution in [3.63, 3.8) is 0 Å². The summed E-state index contributed by atoms with van der Waals surface area (Å²) in [6.07, 6.45) is 0.660. The molecular weight excluding hydrogens is 260 g/mol. The predicted octanol–water partition coefficient (Wildman–Crippen LogP) is 0.810. The van der Waals surface area contributed by atoms with Gasteiger partial charge in [0.05, 0.1) is 10.1 Å². The summed E-state index contributed by atoms with van der Waals surface area (Å²) in [6.45, 7) is 6.92. The number of benzene rings is 1. The first-order valence-corrected chi connectivity index (χ1v) is 8.41. The lowest BCUT2D eigenvalue weighted by atomic mass is 10.1. The summed E-state index contributed by atoms with van der Waals surface area (Å²) < 4.78 is 24.1. The van der Waals surface area contributed by atoms with E-state index < -0.39 is 9.84 Å². The Morgan fingerprint density at radius 3 is 2.79 bits per heavy atom. The van der Waals surface area contributed by atoms with Crippen molar-refractivity contribution in [2.75, 3.05) is 26.2 Å². The molecule has 2 heterocycles. The van der Waals surface area contributed by atoms with Crippen LogP contribution in [0.5, 0.6) is 0 Å². The van der Waals surface area contributed by atoms with E-state index in [4.69, 9.17) is 0 Å². The van der Waals surface area contributed by atoms with Crippen LogP contribution < -0.4 is 5.32 Å². The van der Waals surface area contributed by atoms with Gasteiger partial charge in [0.1, 0.15) is 0 Å². The quantitative estimate of drug-likeness (QED) is 0.871. The van der Waals surface area contributed by atoms with E-state index in [2.05, 4.69) is 16.3 Å². The lowest BCUT2D eigenvalue weighted by Gasteiger charge is -2.27. The highest BCUT2D eigenvalue weighted by Crippen LogP contribution is 2.31. The maximum Gasteiger partial charge on any atom is 0.181 e. The largest absolute Gasteiger partial charge is 0.314 e. The molecule has 0 radical (unpaired) electrons. The molecule has 1 atom stereocenters. The van der Waals surface area contributed by atoms with Crippen LogP contribution >= 0.6 is 0 Å². The van der Waals surface area contributed by atoms with E-state index in [1.165, 1.54) is 5.56 Å². The van der Waals surface area contributed by atoms with Crippen LogP contribution in [-0.4, -0.2) is 44.7 Å². The van der Waals surface area contributed by atoms with Gasteiger partial charge in [-0.25, -0.2) is 8.42 Å². The van der Waals surface area contributed by atoms with Crippen LogP contribution in [0.1, 0.15) is 18.1 Å². The van der Waals surface area contributed by atoms with E-state index in [1.54, 1.807) is 13.0 Å². The fourth-order valence-electron chi connectivity index (χ4n) is 2.93. The molecule has 4 nitrogen and oxygen atoms in total. The fourth-order valence-corrected chi connectivity index (χ4v) is 4.53. The van der Waals surface area contributed by atoms with Gasteiger partial charge < -0.3 is 5.32 Å². The maximum atomic E-state index is 12.1. The number of hydrogen-bond acceptors (Lipinski definition) is 4. The summed E-state index contributed by atoms with van der Waals surface area (Å²) in [5.74, 6) is 0. The van der Waals surface area contributed by atoms with Gasteiger partial charge in [-0.2, -0.15) is 0 Å². The molecule has 1 N–H and O–H groups in total. The standard InChI is InChI=1S/C14H20N2O2S/c1-11-8-13-9-12(2-3-14(13)19(11,17)18)10-16-6-4-15-5-7-16/h2-3,9,11,15H,4-8,10H2,1H3. The molecule has 1 unspecified atom stereocenters. The van der Waals surface area contributed by atoms with Crippen LogP contribution in [0.3, 0.4) is 0 Å². The summed E-state index contributed by atoms with van der Waals surface area (Å²) >= 11 is 0. The molecular formula is C14H20N2O2S. The van der Waals surface area contributed by atoms with Crippen LogP contribution in [-0.2, 0) is 22.8 Å². The first-order chi connectivity index (χ1) is 9.07. The molecule has 0 amide bonds. The van der Waals surface area contributed by atoms with Crippen molar-refractivity contribution in [1.82, 2.24) is 10.2 Å². The molecule has 1 aromatic rings. The number of sulfone groups is 1. The van der Waals surface area contributed by atoms with Crippen LogP contribution in [0.15, 0.2) is 23.1 Å². The molecule has 1 aromatic carbocycles. The molecule has 2 aliphatic rings. The van der Waals surface area contributed by atoms with E-state index in [-0.39, 0.29) is 5.25 Å². The van der Waals surface area contributed by atoms with Gasteiger partial charge in [-0.15, -0.1) is 0 Å². The van der Waals surface area contributed by atoms with E-state index in [0.717, 1.165) is 38.3 Å². The lowest BCUT2D eigenvalue weighted by molar-refractivity contribution is 0.233. The van der Waals surface area contributed by atoms with Crippen molar-refractivity contribution in [1.29, 1.82) is 0 Å². The molecule has 19 heavy (non-hydrogen) atoms. The van der Waals surface area contributed by atoms with Crippen molar-refractivity contribution in [3.05, 3.63) is 29.3 Å². The van der Waals surface area contributed by atoms with Gasteiger partial charge in [-0.05, 0) is 30.5 Å². The van der Waals surface area contributed by atoms with Gasteiger partial charge in [0.15, 0.2) is 9.84 Å². The molecule has 0 aromatic heterocycles. The average Bonchev–Trinajstić information content (AvgIpc) is 2.61. The number of hydrogen-bond donors (Lipinski definition) is 1. The maximum absolute atomic E-state index is 12.1. The number of fused-ring (bicyclic) bond motifs is 1. The highest BCUT2D eigenvalue weighted by atomic mass is 32.2. The van der Waals surface area contributed by atoms with Crippen LogP contribution in [0.2, 0.25) is 0 Å². The number of nitrogens with zero attached hydrogens (tertiary/aromatic N) is 1. The van der Waals surface area contributed by atoms with Gasteiger partial charge in [-0.1, -0.05) is 12.1 Å². The summed E-state index contributed by atoms with van der Waals surface area (Å²) in [7, 11) is -3.06. The monoisotopic (exact) mass is 280 g/mol. The minimum atomic E-state index is -3.06. The van der Waals surface area contributed by atoms with Crippen LogP contribution in [0.4, 0.5) is 0 Å². The Morgan fingerprint density at radius 1 is 1.32 bits per heavy atom. The van der Waals surface area contributed by atoms with E-state index in [0.29, 0.717) is 11.3 Å². The van der Waals surface area contributed by atoms with Crippen LogP contribution in [0, 0.1) is 0 Å². The van der Waals surface area contributed by atoms with Gasteiger partial charge in [0, 0.05) is 32.7 Å². The van der Waals surface area contributed by atoms with Crippen molar-refractivity contribution >= 4 is 9.84 Å². The van der Waals surface area contributed by atoms with Gasteiger partial charge in [-0.3, -0.25) is 4.90 Å². The number of piperazine rings is 1. The van der Waals surface area contributed by atoms with E-state index in [1.807, 2.05) is 6.07 Å². The molecule has 0 aliphatic carbocycles. The molecule has 0 bridgehead atoms. The van der Waals surface area contributed by atoms with Crippen LogP contribution in [0.25, 0.3) is 0 Å². The normalized spacial score (nSPS) is 26.3. The average molecular weight is 280 g/mol. The molecule has 0 saturated carbocycles. The highest BCUT2D eigenvalue weighted by Gasteiger charge is 2.33. The molecule has 2 aliphatic heterocycles. The Morgan fingerprint density at radius 2 is 2.05 bits per heavy atom. The smallest absolute Gasteiger partial charge is 0.181 e. The summed E-state index contributed by atoms with van der Waals surface area (Å²) in [4.78, 5) is 2.95. The molecule has 104 valence electrons. The molecule has 1 saturated heterocycles. The van der Waals surface area contributed by atoms with Gasteiger partial charge >= 0.3 is 0 Å². The molecule has 3 rings (SSSR count). The third-order valence-corrected chi connectivity index (χ3v) is 6.32. The SMILES string of the molecule is CC1Cc2cc(CN3CCNCC3)ccc2S1(=O)=O. The fraction of sp³-hybridized carbons (Fsp3) is 0.571. The Hall–Kier alpha value is -0.910. The van der Waals surface area contributed by atoms with E-state index in [9.17, 15) is 8.42 Å². The minimum Gasteiger partial charge on any atom is -0.314 e. The molecule has 0 spiro atoms. The molecule has 5 heteroatoms. The second kappa shape index (κ2) is 4.89. The third-order valence-electron chi connectivity index (χ3n) is 4.08. The predicted molar refractivity (Wildman–Crippen MR) is 74.9 cm³/mol. The lowest BCUT2D eigenvalue weighted by Crippen LogP contribution is -2.42. The first-order valence-electron chi connectivity index (χ1n) is 6.86. The topological polar surface area (TPSA) is 49.4 Å². The Bertz CT molecular complexity index is 577. The second-order valence-corrected chi connectivity index (χ2v) is 7.86. The third kappa shape index (κ3) is 2.42. The van der Waals surface area contributed by atoms with E-state index >= 15 is 0 Å². The zero-order chi connectivity index (χ0) is 13.5. The summed E-state index contributed by atoms with van der Waals surface area (Å²) in [5, 5.41) is 3.07.